The van der Waals surface area contributed by atoms with Gasteiger partial charge in [-0.15, -0.1) is 0 Å². The first-order valence-electron chi connectivity index (χ1n) is 8.02. The van der Waals surface area contributed by atoms with Crippen molar-refractivity contribution in [3.63, 3.8) is 0 Å². The SMILES string of the molecule is [CH2]CCCCCCCC[CH]CCCCCCC. The Morgan fingerprint density at radius 2 is 1.12 bits per heavy atom. The van der Waals surface area contributed by atoms with E-state index in [-0.39, 0.29) is 0 Å². The van der Waals surface area contributed by atoms with Crippen molar-refractivity contribution in [1.29, 1.82) is 0 Å². The Bertz CT molecular complexity index is 103. The summed E-state index contributed by atoms with van der Waals surface area (Å²) in [6, 6.07) is 0. The fourth-order valence-electron chi connectivity index (χ4n) is 2.21. The fraction of sp³-hybridized carbons (Fsp3) is 0.882. The number of hydrogen-bond donors (Lipinski definition) is 0. The molecule has 0 aromatic carbocycles. The minimum Gasteiger partial charge on any atom is -0.0654 e. The Hall–Kier alpha value is 0. The predicted molar refractivity (Wildman–Crippen MR) is 80.0 cm³/mol. The standard InChI is InChI=1S/C17H34/c1-3-5-7-9-11-13-15-17-16-14-12-10-8-6-4-2/h16H,1,3-15,17H2,2H3. The minimum absolute atomic E-state index is 1.12. The van der Waals surface area contributed by atoms with Crippen LogP contribution in [0.5, 0.6) is 0 Å². The van der Waals surface area contributed by atoms with Crippen molar-refractivity contribution in [2.75, 3.05) is 0 Å². The zero-order chi connectivity index (χ0) is 12.6. The van der Waals surface area contributed by atoms with E-state index >= 15 is 0 Å². The van der Waals surface area contributed by atoms with Gasteiger partial charge in [0.25, 0.3) is 0 Å². The highest BCUT2D eigenvalue weighted by molar-refractivity contribution is 4.64. The average Bonchev–Trinajstić information content (AvgIpc) is 2.35. The van der Waals surface area contributed by atoms with Gasteiger partial charge < -0.3 is 0 Å². The minimum atomic E-state index is 1.12. The molecule has 0 saturated carbocycles. The molecule has 2 radical (unpaired) electrons. The maximum atomic E-state index is 3.87. The summed E-state index contributed by atoms with van der Waals surface area (Å²) in [6.45, 7) is 6.16. The lowest BCUT2D eigenvalue weighted by Crippen LogP contribution is -1.83. The Kier molecular flexibility index (Phi) is 16.0. The third-order valence-electron chi connectivity index (χ3n) is 3.42. The van der Waals surface area contributed by atoms with Gasteiger partial charge >= 0.3 is 0 Å². The van der Waals surface area contributed by atoms with Gasteiger partial charge in [0.15, 0.2) is 0 Å². The summed E-state index contributed by atoms with van der Waals surface area (Å²) in [5.41, 5.74) is 0. The Labute approximate surface area is 111 Å². The first-order chi connectivity index (χ1) is 8.41. The quantitative estimate of drug-likeness (QED) is 0.303. The van der Waals surface area contributed by atoms with Crippen LogP contribution in [0.1, 0.15) is 96.8 Å². The summed E-state index contributed by atoms with van der Waals surface area (Å²) in [5, 5.41) is 0. The van der Waals surface area contributed by atoms with Crippen LogP contribution in [0.2, 0.25) is 0 Å². The number of unbranched alkanes of at least 4 members (excludes halogenated alkanes) is 14. The molecule has 0 amide bonds. The highest BCUT2D eigenvalue weighted by Crippen LogP contribution is 2.12. The second kappa shape index (κ2) is 16.0. The van der Waals surface area contributed by atoms with Crippen molar-refractivity contribution in [2.45, 2.75) is 96.8 Å². The van der Waals surface area contributed by atoms with Gasteiger partial charge in [-0.05, 0) is 6.42 Å². The molecule has 0 saturated heterocycles. The molecule has 0 rings (SSSR count). The second-order valence-electron chi connectivity index (χ2n) is 5.26. The van der Waals surface area contributed by atoms with Crippen LogP contribution < -0.4 is 0 Å². The summed E-state index contributed by atoms with van der Waals surface area (Å²) in [6.07, 6.45) is 21.8. The van der Waals surface area contributed by atoms with Gasteiger partial charge in [0.05, 0.1) is 0 Å². The molecule has 0 fully saturated rings. The summed E-state index contributed by atoms with van der Waals surface area (Å²) in [5.74, 6) is 0. The first kappa shape index (κ1) is 17.0. The van der Waals surface area contributed by atoms with Crippen molar-refractivity contribution >= 4 is 0 Å². The van der Waals surface area contributed by atoms with Gasteiger partial charge in [0.2, 0.25) is 0 Å². The Morgan fingerprint density at radius 1 is 0.647 bits per heavy atom. The summed E-state index contributed by atoms with van der Waals surface area (Å²) in [4.78, 5) is 0. The molecule has 0 bridgehead atoms. The zero-order valence-electron chi connectivity index (χ0n) is 12.2. The molecule has 0 nitrogen and oxygen atoms in total. The maximum Gasteiger partial charge on any atom is -0.0386 e. The van der Waals surface area contributed by atoms with Crippen LogP contribution in [-0.4, -0.2) is 0 Å². The van der Waals surface area contributed by atoms with Gasteiger partial charge in [-0.25, -0.2) is 0 Å². The lowest BCUT2D eigenvalue weighted by Gasteiger charge is -2.02. The molecule has 0 unspecified atom stereocenters. The van der Waals surface area contributed by atoms with Crippen molar-refractivity contribution in [3.05, 3.63) is 13.3 Å². The third-order valence-corrected chi connectivity index (χ3v) is 3.42. The molecule has 0 aromatic rings. The molecule has 0 spiro atoms. The highest BCUT2D eigenvalue weighted by atomic mass is 14.0. The van der Waals surface area contributed by atoms with Gasteiger partial charge in [-0.3, -0.25) is 0 Å². The van der Waals surface area contributed by atoms with Crippen molar-refractivity contribution in [2.24, 2.45) is 0 Å². The largest absolute Gasteiger partial charge is 0.0654 e. The summed E-state index contributed by atoms with van der Waals surface area (Å²) in [7, 11) is 0. The summed E-state index contributed by atoms with van der Waals surface area (Å²) >= 11 is 0. The smallest absolute Gasteiger partial charge is 0.0386 e. The van der Waals surface area contributed by atoms with Crippen LogP contribution in [0, 0.1) is 13.3 Å². The van der Waals surface area contributed by atoms with E-state index in [9.17, 15) is 0 Å². The molecule has 17 heavy (non-hydrogen) atoms. The van der Waals surface area contributed by atoms with E-state index in [4.69, 9.17) is 0 Å². The average molecular weight is 238 g/mol. The van der Waals surface area contributed by atoms with Crippen molar-refractivity contribution < 1.29 is 0 Å². The molecular weight excluding hydrogens is 204 g/mol. The molecule has 0 heteroatoms. The summed E-state index contributed by atoms with van der Waals surface area (Å²) < 4.78 is 0. The van der Waals surface area contributed by atoms with Crippen LogP contribution in [0.4, 0.5) is 0 Å². The van der Waals surface area contributed by atoms with Gasteiger partial charge in [-0.2, -0.15) is 0 Å². The molecule has 102 valence electrons. The highest BCUT2D eigenvalue weighted by Gasteiger charge is 1.93. The van der Waals surface area contributed by atoms with Crippen molar-refractivity contribution in [1.82, 2.24) is 0 Å². The molecular formula is C17H34. The van der Waals surface area contributed by atoms with E-state index in [2.05, 4.69) is 20.3 Å². The Morgan fingerprint density at radius 3 is 1.65 bits per heavy atom. The van der Waals surface area contributed by atoms with Gasteiger partial charge in [0, 0.05) is 0 Å². The number of hydrogen-bond acceptors (Lipinski definition) is 0. The normalized spacial score (nSPS) is 10.9. The lowest BCUT2D eigenvalue weighted by atomic mass is 10.0. The lowest BCUT2D eigenvalue weighted by molar-refractivity contribution is 0.581. The molecule has 0 heterocycles. The molecule has 0 aliphatic heterocycles. The van der Waals surface area contributed by atoms with E-state index in [1.807, 2.05) is 0 Å². The van der Waals surface area contributed by atoms with Crippen molar-refractivity contribution in [3.8, 4) is 0 Å². The van der Waals surface area contributed by atoms with E-state index in [0.29, 0.717) is 0 Å². The van der Waals surface area contributed by atoms with Crippen LogP contribution in [-0.2, 0) is 0 Å². The van der Waals surface area contributed by atoms with E-state index in [1.165, 1.54) is 83.5 Å². The predicted octanol–water partition coefficient (Wildman–Crippen LogP) is 6.51. The molecule has 0 aliphatic carbocycles. The molecule has 0 aromatic heterocycles. The topological polar surface area (TPSA) is 0 Å². The van der Waals surface area contributed by atoms with Gasteiger partial charge in [-0.1, -0.05) is 104 Å². The third kappa shape index (κ3) is 16.0. The molecule has 0 N–H and O–H groups in total. The van der Waals surface area contributed by atoms with E-state index in [1.54, 1.807) is 0 Å². The van der Waals surface area contributed by atoms with Crippen LogP contribution >= 0.6 is 0 Å². The second-order valence-corrected chi connectivity index (χ2v) is 5.26. The van der Waals surface area contributed by atoms with Crippen LogP contribution in [0.25, 0.3) is 0 Å². The zero-order valence-corrected chi connectivity index (χ0v) is 12.2. The van der Waals surface area contributed by atoms with Crippen LogP contribution in [0.3, 0.4) is 0 Å². The Balaban J connectivity index is 2.85. The van der Waals surface area contributed by atoms with Gasteiger partial charge in [0.1, 0.15) is 0 Å². The van der Waals surface area contributed by atoms with Crippen LogP contribution in [0.15, 0.2) is 0 Å². The fourth-order valence-corrected chi connectivity index (χ4v) is 2.21. The molecule has 0 atom stereocenters. The van der Waals surface area contributed by atoms with E-state index in [0.717, 1.165) is 6.42 Å². The first-order valence-corrected chi connectivity index (χ1v) is 8.02. The van der Waals surface area contributed by atoms with E-state index < -0.39 is 0 Å². The monoisotopic (exact) mass is 238 g/mol. The number of rotatable bonds is 14. The maximum absolute atomic E-state index is 3.87. The molecule has 0 aliphatic rings.